The third-order valence-electron chi connectivity index (χ3n) is 4.27. The highest BCUT2D eigenvalue weighted by molar-refractivity contribution is 14.0. The predicted molar refractivity (Wildman–Crippen MR) is 93.4 cm³/mol. The van der Waals surface area contributed by atoms with Crippen LogP contribution in [0.3, 0.4) is 0 Å². The van der Waals surface area contributed by atoms with Gasteiger partial charge in [-0.1, -0.05) is 13.8 Å². The molecule has 0 radical (unpaired) electrons. The van der Waals surface area contributed by atoms with Crippen LogP contribution in [-0.4, -0.2) is 40.8 Å². The Balaban J connectivity index is 0.00000200. The number of guanidine groups is 1. The largest absolute Gasteiger partial charge is 0.351 e. The Bertz CT molecular complexity index is 456. The van der Waals surface area contributed by atoms with E-state index < -0.39 is 0 Å². The maximum absolute atomic E-state index is 4.40. The first-order chi connectivity index (χ1) is 9.08. The molecule has 114 valence electrons. The summed E-state index contributed by atoms with van der Waals surface area (Å²) < 4.78 is 1.89. The summed E-state index contributed by atoms with van der Waals surface area (Å²) in [5.74, 6) is 0.998. The average molecular weight is 391 g/mol. The number of aliphatic imine (C=N–C) groups is 1. The van der Waals surface area contributed by atoms with Gasteiger partial charge in [-0.2, -0.15) is 5.10 Å². The maximum Gasteiger partial charge on any atom is 0.193 e. The first-order valence-electron chi connectivity index (χ1n) is 7.00. The first kappa shape index (κ1) is 17.3. The smallest absolute Gasteiger partial charge is 0.193 e. The SMILES string of the molecule is CCC1(C)CCN(C(=NC)NCc2ccnn2C)C1.I. The van der Waals surface area contributed by atoms with Crippen molar-refractivity contribution in [2.75, 3.05) is 20.1 Å². The van der Waals surface area contributed by atoms with Crippen LogP contribution in [-0.2, 0) is 13.6 Å². The third-order valence-corrected chi connectivity index (χ3v) is 4.27. The fraction of sp³-hybridized carbons (Fsp3) is 0.714. The zero-order chi connectivity index (χ0) is 13.9. The Morgan fingerprint density at radius 2 is 2.30 bits per heavy atom. The van der Waals surface area contributed by atoms with Gasteiger partial charge in [0.1, 0.15) is 0 Å². The molecule has 0 aliphatic carbocycles. The summed E-state index contributed by atoms with van der Waals surface area (Å²) >= 11 is 0. The van der Waals surface area contributed by atoms with E-state index in [-0.39, 0.29) is 24.0 Å². The Morgan fingerprint density at radius 3 is 2.80 bits per heavy atom. The second kappa shape index (κ2) is 7.28. The molecule has 1 aliphatic heterocycles. The molecule has 1 N–H and O–H groups in total. The van der Waals surface area contributed by atoms with Crippen LogP contribution in [0.25, 0.3) is 0 Å². The Morgan fingerprint density at radius 1 is 1.55 bits per heavy atom. The second-order valence-corrected chi connectivity index (χ2v) is 5.68. The van der Waals surface area contributed by atoms with Crippen LogP contribution < -0.4 is 5.32 Å². The summed E-state index contributed by atoms with van der Waals surface area (Å²) in [6, 6.07) is 2.03. The Kier molecular flexibility index (Phi) is 6.29. The van der Waals surface area contributed by atoms with Crippen molar-refractivity contribution >= 4 is 29.9 Å². The molecule has 2 rings (SSSR count). The summed E-state index contributed by atoms with van der Waals surface area (Å²) in [4.78, 5) is 6.76. The summed E-state index contributed by atoms with van der Waals surface area (Å²) in [5, 5.41) is 7.61. The standard InChI is InChI=1S/C14H25N5.HI/c1-5-14(2)7-9-19(11-14)13(15-3)16-10-12-6-8-17-18(12)4;/h6,8H,5,7,9-11H2,1-4H3,(H,15,16);1H. The lowest BCUT2D eigenvalue weighted by molar-refractivity contribution is 0.322. The van der Waals surface area contributed by atoms with E-state index in [0.717, 1.165) is 25.6 Å². The highest BCUT2D eigenvalue weighted by Crippen LogP contribution is 2.32. The van der Waals surface area contributed by atoms with Crippen molar-refractivity contribution in [1.29, 1.82) is 0 Å². The van der Waals surface area contributed by atoms with Gasteiger partial charge in [0, 0.05) is 33.4 Å². The van der Waals surface area contributed by atoms with Gasteiger partial charge >= 0.3 is 0 Å². The molecule has 1 atom stereocenters. The van der Waals surface area contributed by atoms with Crippen LogP contribution >= 0.6 is 24.0 Å². The van der Waals surface area contributed by atoms with Crippen LogP contribution in [0.4, 0.5) is 0 Å². The van der Waals surface area contributed by atoms with E-state index in [1.807, 2.05) is 31.0 Å². The molecule has 0 aromatic carbocycles. The number of aryl methyl sites for hydroxylation is 1. The highest BCUT2D eigenvalue weighted by Gasteiger charge is 2.33. The summed E-state index contributed by atoms with van der Waals surface area (Å²) in [5.41, 5.74) is 1.60. The maximum atomic E-state index is 4.40. The highest BCUT2D eigenvalue weighted by atomic mass is 127. The lowest BCUT2D eigenvalue weighted by Crippen LogP contribution is -2.40. The first-order valence-corrected chi connectivity index (χ1v) is 7.00. The van der Waals surface area contributed by atoms with E-state index in [4.69, 9.17) is 0 Å². The predicted octanol–water partition coefficient (Wildman–Crippen LogP) is 2.24. The zero-order valence-corrected chi connectivity index (χ0v) is 15.2. The van der Waals surface area contributed by atoms with Crippen molar-refractivity contribution < 1.29 is 0 Å². The number of hydrogen-bond donors (Lipinski definition) is 1. The minimum atomic E-state index is 0. The van der Waals surface area contributed by atoms with E-state index in [2.05, 4.69) is 34.2 Å². The number of nitrogens with one attached hydrogen (secondary N) is 1. The number of halogens is 1. The van der Waals surface area contributed by atoms with Crippen molar-refractivity contribution in [2.24, 2.45) is 17.5 Å². The molecule has 0 amide bonds. The van der Waals surface area contributed by atoms with Crippen LogP contribution in [0.1, 0.15) is 32.4 Å². The van der Waals surface area contributed by atoms with Gasteiger partial charge in [-0.3, -0.25) is 9.67 Å². The van der Waals surface area contributed by atoms with Crippen molar-refractivity contribution in [3.05, 3.63) is 18.0 Å². The normalized spacial score (nSPS) is 22.8. The molecule has 1 aromatic heterocycles. The minimum Gasteiger partial charge on any atom is -0.351 e. The number of likely N-dealkylation sites (tertiary alicyclic amines) is 1. The molecule has 2 heterocycles. The summed E-state index contributed by atoms with van der Waals surface area (Å²) in [6.45, 7) is 7.59. The van der Waals surface area contributed by atoms with Gasteiger partial charge in [0.15, 0.2) is 5.96 Å². The molecular weight excluding hydrogens is 365 g/mol. The number of hydrogen-bond acceptors (Lipinski definition) is 2. The van der Waals surface area contributed by atoms with E-state index in [0.29, 0.717) is 5.41 Å². The van der Waals surface area contributed by atoms with Crippen LogP contribution in [0, 0.1) is 5.41 Å². The van der Waals surface area contributed by atoms with E-state index in [1.165, 1.54) is 18.5 Å². The molecule has 20 heavy (non-hydrogen) atoms. The lowest BCUT2D eigenvalue weighted by atomic mass is 9.87. The number of aromatic nitrogens is 2. The Labute approximate surface area is 138 Å². The number of nitrogens with zero attached hydrogens (tertiary/aromatic N) is 4. The van der Waals surface area contributed by atoms with E-state index >= 15 is 0 Å². The van der Waals surface area contributed by atoms with Crippen LogP contribution in [0.15, 0.2) is 17.3 Å². The number of rotatable bonds is 3. The molecule has 5 nitrogen and oxygen atoms in total. The third kappa shape index (κ3) is 3.86. The fourth-order valence-corrected chi connectivity index (χ4v) is 2.57. The van der Waals surface area contributed by atoms with Gasteiger partial charge in [0.2, 0.25) is 0 Å². The van der Waals surface area contributed by atoms with Crippen molar-refractivity contribution in [2.45, 2.75) is 33.2 Å². The van der Waals surface area contributed by atoms with Gasteiger partial charge in [-0.25, -0.2) is 0 Å². The molecule has 6 heteroatoms. The molecule has 0 spiro atoms. The van der Waals surface area contributed by atoms with E-state index in [1.54, 1.807) is 0 Å². The molecule has 1 unspecified atom stereocenters. The monoisotopic (exact) mass is 391 g/mol. The second-order valence-electron chi connectivity index (χ2n) is 5.68. The molecular formula is C14H26IN5. The fourth-order valence-electron chi connectivity index (χ4n) is 2.57. The summed E-state index contributed by atoms with van der Waals surface area (Å²) in [6.07, 6.45) is 4.29. The van der Waals surface area contributed by atoms with Gasteiger partial charge < -0.3 is 10.2 Å². The van der Waals surface area contributed by atoms with Crippen molar-refractivity contribution in [3.8, 4) is 0 Å². The Hall–Kier alpha value is -0.790. The van der Waals surface area contributed by atoms with Crippen molar-refractivity contribution in [1.82, 2.24) is 20.0 Å². The van der Waals surface area contributed by atoms with Crippen molar-refractivity contribution in [3.63, 3.8) is 0 Å². The molecule has 1 saturated heterocycles. The topological polar surface area (TPSA) is 45.4 Å². The quantitative estimate of drug-likeness (QED) is 0.489. The van der Waals surface area contributed by atoms with Gasteiger partial charge in [0.25, 0.3) is 0 Å². The minimum absolute atomic E-state index is 0. The van der Waals surface area contributed by atoms with Crippen LogP contribution in [0.2, 0.25) is 0 Å². The molecule has 1 aliphatic rings. The molecule has 1 aromatic rings. The molecule has 0 saturated carbocycles. The molecule has 1 fully saturated rings. The van der Waals surface area contributed by atoms with Crippen LogP contribution in [0.5, 0.6) is 0 Å². The zero-order valence-electron chi connectivity index (χ0n) is 12.9. The van der Waals surface area contributed by atoms with Gasteiger partial charge in [-0.15, -0.1) is 24.0 Å². The molecule has 0 bridgehead atoms. The van der Waals surface area contributed by atoms with Gasteiger partial charge in [-0.05, 0) is 24.3 Å². The van der Waals surface area contributed by atoms with Gasteiger partial charge in [0.05, 0.1) is 12.2 Å². The summed E-state index contributed by atoms with van der Waals surface area (Å²) in [7, 11) is 3.82. The average Bonchev–Trinajstić information content (AvgIpc) is 2.98. The van der Waals surface area contributed by atoms with E-state index in [9.17, 15) is 0 Å². The lowest BCUT2D eigenvalue weighted by Gasteiger charge is -2.25.